The van der Waals surface area contributed by atoms with Gasteiger partial charge >= 0.3 is 6.03 Å². The molecule has 0 spiro atoms. The number of ether oxygens (including phenoxy) is 2. The molecule has 0 bridgehead atoms. The third kappa shape index (κ3) is 3.59. The van der Waals surface area contributed by atoms with Crippen molar-refractivity contribution >= 4 is 6.03 Å². The van der Waals surface area contributed by atoms with Gasteiger partial charge in [-0.1, -0.05) is 6.92 Å². The number of hydrogen-bond acceptors (Lipinski definition) is 3. The number of hydrogen-bond donors (Lipinski definition) is 0. The first kappa shape index (κ1) is 13.6. The second-order valence-corrected chi connectivity index (χ2v) is 4.96. The molecule has 0 aromatic rings. The van der Waals surface area contributed by atoms with Crippen molar-refractivity contribution < 1.29 is 14.3 Å². The van der Waals surface area contributed by atoms with Gasteiger partial charge in [-0.05, 0) is 19.3 Å². The highest BCUT2D eigenvalue weighted by atomic mass is 16.5. The maximum Gasteiger partial charge on any atom is 0.320 e. The van der Waals surface area contributed by atoms with Crippen LogP contribution in [0, 0.1) is 0 Å². The van der Waals surface area contributed by atoms with E-state index < -0.39 is 0 Å². The molecule has 2 saturated heterocycles. The summed E-state index contributed by atoms with van der Waals surface area (Å²) in [5, 5.41) is 0. The summed E-state index contributed by atoms with van der Waals surface area (Å²) in [6.45, 7) is 7.28. The minimum Gasteiger partial charge on any atom is -0.378 e. The second kappa shape index (κ2) is 6.95. The van der Waals surface area contributed by atoms with Crippen molar-refractivity contribution in [2.24, 2.45) is 0 Å². The summed E-state index contributed by atoms with van der Waals surface area (Å²) < 4.78 is 11.0. The third-order valence-electron chi connectivity index (χ3n) is 3.49. The Bertz CT molecular complexity index is 267. The first-order valence-corrected chi connectivity index (χ1v) is 7.04. The first-order chi connectivity index (χ1) is 8.81. The van der Waals surface area contributed by atoms with Crippen LogP contribution in [0.1, 0.15) is 26.2 Å². The topological polar surface area (TPSA) is 42.0 Å². The molecular weight excluding hydrogens is 232 g/mol. The van der Waals surface area contributed by atoms with Crippen molar-refractivity contribution in [1.29, 1.82) is 0 Å². The van der Waals surface area contributed by atoms with Crippen LogP contribution in [0.3, 0.4) is 0 Å². The lowest BCUT2D eigenvalue weighted by molar-refractivity contribution is -0.00213. The van der Waals surface area contributed by atoms with Gasteiger partial charge in [0, 0.05) is 32.8 Å². The van der Waals surface area contributed by atoms with Crippen molar-refractivity contribution in [1.82, 2.24) is 9.80 Å². The molecule has 2 fully saturated rings. The normalized spacial score (nSPS) is 25.3. The van der Waals surface area contributed by atoms with Gasteiger partial charge < -0.3 is 19.3 Å². The molecule has 1 atom stereocenters. The fourth-order valence-corrected chi connectivity index (χ4v) is 2.49. The van der Waals surface area contributed by atoms with E-state index in [0.717, 1.165) is 52.0 Å². The van der Waals surface area contributed by atoms with Gasteiger partial charge in [-0.2, -0.15) is 0 Å². The highest BCUT2D eigenvalue weighted by molar-refractivity contribution is 5.74. The highest BCUT2D eigenvalue weighted by Gasteiger charge is 2.28. The highest BCUT2D eigenvalue weighted by Crippen LogP contribution is 2.15. The number of likely N-dealkylation sites (tertiary alicyclic amines) is 1. The van der Waals surface area contributed by atoms with E-state index in [1.807, 2.05) is 9.80 Å². The second-order valence-electron chi connectivity index (χ2n) is 4.96. The molecule has 5 nitrogen and oxygen atoms in total. The maximum absolute atomic E-state index is 12.3. The lowest BCUT2D eigenvalue weighted by atomic mass is 10.1. The molecule has 18 heavy (non-hydrogen) atoms. The molecule has 1 unspecified atom stereocenters. The molecule has 5 heteroatoms. The molecule has 2 aliphatic rings. The molecule has 0 aromatic heterocycles. The number of urea groups is 1. The quantitative estimate of drug-likeness (QED) is 0.765. The molecule has 2 aliphatic heterocycles. The summed E-state index contributed by atoms with van der Waals surface area (Å²) in [5.74, 6) is 0. The monoisotopic (exact) mass is 256 g/mol. The van der Waals surface area contributed by atoms with Crippen molar-refractivity contribution in [2.45, 2.75) is 32.3 Å². The number of piperidine rings is 1. The van der Waals surface area contributed by atoms with Gasteiger partial charge in [-0.3, -0.25) is 0 Å². The van der Waals surface area contributed by atoms with Crippen LogP contribution in [0.4, 0.5) is 4.79 Å². The zero-order chi connectivity index (χ0) is 12.8. The number of rotatable bonds is 3. The van der Waals surface area contributed by atoms with E-state index in [-0.39, 0.29) is 12.1 Å². The summed E-state index contributed by atoms with van der Waals surface area (Å²) in [5.41, 5.74) is 0. The average molecular weight is 256 g/mol. The van der Waals surface area contributed by atoms with E-state index in [4.69, 9.17) is 9.47 Å². The van der Waals surface area contributed by atoms with Crippen LogP contribution in [0.15, 0.2) is 0 Å². The SMILES string of the molecule is CCCOC1CCCN(C(=O)N2CCOCC2)C1. The fraction of sp³-hybridized carbons (Fsp3) is 0.923. The Morgan fingerprint density at radius 1 is 1.28 bits per heavy atom. The average Bonchev–Trinajstić information content (AvgIpc) is 2.45. The van der Waals surface area contributed by atoms with E-state index in [1.54, 1.807) is 0 Å². The van der Waals surface area contributed by atoms with Crippen LogP contribution in [-0.4, -0.2) is 67.9 Å². The number of carbonyl (C=O) groups excluding carboxylic acids is 1. The van der Waals surface area contributed by atoms with Crippen LogP contribution < -0.4 is 0 Å². The van der Waals surface area contributed by atoms with Gasteiger partial charge in [0.05, 0.1) is 19.3 Å². The van der Waals surface area contributed by atoms with Crippen molar-refractivity contribution in [3.63, 3.8) is 0 Å². The van der Waals surface area contributed by atoms with Crippen LogP contribution in [0.2, 0.25) is 0 Å². The van der Waals surface area contributed by atoms with Gasteiger partial charge in [0.25, 0.3) is 0 Å². The lowest BCUT2D eigenvalue weighted by Gasteiger charge is -2.37. The van der Waals surface area contributed by atoms with Crippen molar-refractivity contribution in [3.8, 4) is 0 Å². The Morgan fingerprint density at radius 3 is 2.78 bits per heavy atom. The van der Waals surface area contributed by atoms with Crippen LogP contribution >= 0.6 is 0 Å². The van der Waals surface area contributed by atoms with Crippen molar-refractivity contribution in [3.05, 3.63) is 0 Å². The molecule has 0 radical (unpaired) electrons. The molecule has 0 N–H and O–H groups in total. The number of nitrogens with zero attached hydrogens (tertiary/aromatic N) is 2. The van der Waals surface area contributed by atoms with E-state index >= 15 is 0 Å². The van der Waals surface area contributed by atoms with Crippen LogP contribution in [0.5, 0.6) is 0 Å². The minimum absolute atomic E-state index is 0.156. The number of carbonyl (C=O) groups is 1. The van der Waals surface area contributed by atoms with Gasteiger partial charge in [-0.25, -0.2) is 4.79 Å². The van der Waals surface area contributed by atoms with E-state index in [2.05, 4.69) is 6.92 Å². The number of amides is 2. The van der Waals surface area contributed by atoms with Crippen LogP contribution in [-0.2, 0) is 9.47 Å². The zero-order valence-electron chi connectivity index (χ0n) is 11.3. The molecule has 104 valence electrons. The first-order valence-electron chi connectivity index (χ1n) is 7.04. The third-order valence-corrected chi connectivity index (χ3v) is 3.49. The van der Waals surface area contributed by atoms with E-state index in [9.17, 15) is 4.79 Å². The number of morpholine rings is 1. The Kier molecular flexibility index (Phi) is 5.26. The van der Waals surface area contributed by atoms with Gasteiger partial charge in [0.15, 0.2) is 0 Å². The molecule has 2 rings (SSSR count). The van der Waals surface area contributed by atoms with Gasteiger partial charge in [0.1, 0.15) is 0 Å². The molecule has 0 aromatic carbocycles. The maximum atomic E-state index is 12.3. The summed E-state index contributed by atoms with van der Waals surface area (Å²) in [6.07, 6.45) is 3.38. The molecule has 0 aliphatic carbocycles. The fourth-order valence-electron chi connectivity index (χ4n) is 2.49. The standard InChI is InChI=1S/C13H24N2O3/c1-2-8-18-12-4-3-5-15(11-12)13(16)14-6-9-17-10-7-14/h12H,2-11H2,1H3. The lowest BCUT2D eigenvalue weighted by Crippen LogP contribution is -2.52. The zero-order valence-corrected chi connectivity index (χ0v) is 11.3. The predicted molar refractivity (Wildman–Crippen MR) is 68.6 cm³/mol. The Labute approximate surface area is 109 Å². The summed E-state index contributed by atoms with van der Waals surface area (Å²) >= 11 is 0. The Balaban J connectivity index is 1.81. The van der Waals surface area contributed by atoms with Gasteiger partial charge in [-0.15, -0.1) is 0 Å². The Morgan fingerprint density at radius 2 is 2.06 bits per heavy atom. The van der Waals surface area contributed by atoms with E-state index in [0.29, 0.717) is 13.2 Å². The largest absolute Gasteiger partial charge is 0.378 e. The summed E-state index contributed by atoms with van der Waals surface area (Å²) in [6, 6.07) is 0.156. The molecular formula is C13H24N2O3. The van der Waals surface area contributed by atoms with Gasteiger partial charge in [0.2, 0.25) is 0 Å². The summed E-state index contributed by atoms with van der Waals surface area (Å²) in [4.78, 5) is 16.1. The minimum atomic E-state index is 0.156. The van der Waals surface area contributed by atoms with Crippen molar-refractivity contribution in [2.75, 3.05) is 46.0 Å². The van der Waals surface area contributed by atoms with E-state index in [1.165, 1.54) is 0 Å². The molecule has 2 amide bonds. The van der Waals surface area contributed by atoms with Crippen LogP contribution in [0.25, 0.3) is 0 Å². The molecule has 2 heterocycles. The Hall–Kier alpha value is -0.810. The smallest absolute Gasteiger partial charge is 0.320 e. The predicted octanol–water partition coefficient (Wildman–Crippen LogP) is 1.33. The summed E-state index contributed by atoms with van der Waals surface area (Å²) in [7, 11) is 0. The molecule has 0 saturated carbocycles.